The van der Waals surface area contributed by atoms with Gasteiger partial charge in [0.2, 0.25) is 0 Å². The number of nitrogens with zero attached hydrogens (tertiary/aromatic N) is 1. The molecule has 0 fully saturated rings. The standard InChI is InChI=1S/C15H22N2O3/c1-3-5-12-6-8-13(9-7-12)16-15(20)17(10-4-2)11-14(18)19/h6-9H,3-5,10-11H2,1-2H3,(H,16,20)(H,18,19). The highest BCUT2D eigenvalue weighted by Crippen LogP contribution is 2.12. The summed E-state index contributed by atoms with van der Waals surface area (Å²) in [4.78, 5) is 24.0. The Labute approximate surface area is 119 Å². The maximum atomic E-state index is 12.0. The molecule has 0 saturated carbocycles. The third kappa shape index (κ3) is 5.30. The summed E-state index contributed by atoms with van der Waals surface area (Å²) in [6, 6.07) is 7.25. The molecule has 0 aliphatic carbocycles. The van der Waals surface area contributed by atoms with Gasteiger partial charge in [0.05, 0.1) is 0 Å². The van der Waals surface area contributed by atoms with E-state index in [1.807, 2.05) is 31.2 Å². The van der Waals surface area contributed by atoms with Crippen LogP contribution in [0.2, 0.25) is 0 Å². The second-order valence-corrected chi connectivity index (χ2v) is 4.69. The number of benzene rings is 1. The van der Waals surface area contributed by atoms with Crippen LogP contribution in [0.5, 0.6) is 0 Å². The quantitative estimate of drug-likeness (QED) is 0.805. The molecule has 0 saturated heterocycles. The minimum Gasteiger partial charge on any atom is -0.480 e. The summed E-state index contributed by atoms with van der Waals surface area (Å²) in [5.41, 5.74) is 1.91. The van der Waals surface area contributed by atoms with Crippen LogP contribution in [-0.4, -0.2) is 35.1 Å². The molecular formula is C15H22N2O3. The van der Waals surface area contributed by atoms with Crippen LogP contribution in [0.3, 0.4) is 0 Å². The smallest absolute Gasteiger partial charge is 0.323 e. The maximum Gasteiger partial charge on any atom is 0.323 e. The van der Waals surface area contributed by atoms with Crippen molar-refractivity contribution in [3.8, 4) is 0 Å². The van der Waals surface area contributed by atoms with Gasteiger partial charge in [-0.05, 0) is 30.5 Å². The lowest BCUT2D eigenvalue weighted by Gasteiger charge is -2.20. The number of carbonyl (C=O) groups is 2. The van der Waals surface area contributed by atoms with Crippen molar-refractivity contribution < 1.29 is 14.7 Å². The number of hydrogen-bond donors (Lipinski definition) is 2. The fraction of sp³-hybridized carbons (Fsp3) is 0.467. The largest absolute Gasteiger partial charge is 0.480 e. The number of urea groups is 1. The number of aliphatic carboxylic acids is 1. The summed E-state index contributed by atoms with van der Waals surface area (Å²) < 4.78 is 0. The van der Waals surface area contributed by atoms with E-state index in [9.17, 15) is 9.59 Å². The zero-order chi connectivity index (χ0) is 15.0. The van der Waals surface area contributed by atoms with E-state index in [1.165, 1.54) is 10.5 Å². The van der Waals surface area contributed by atoms with Crippen LogP contribution < -0.4 is 5.32 Å². The highest BCUT2D eigenvalue weighted by Gasteiger charge is 2.15. The van der Waals surface area contributed by atoms with Crippen molar-refractivity contribution in [3.05, 3.63) is 29.8 Å². The van der Waals surface area contributed by atoms with E-state index < -0.39 is 5.97 Å². The van der Waals surface area contributed by atoms with Gasteiger partial charge in [0.1, 0.15) is 6.54 Å². The Bertz CT molecular complexity index is 443. The van der Waals surface area contributed by atoms with Crippen molar-refractivity contribution in [2.45, 2.75) is 33.1 Å². The zero-order valence-corrected chi connectivity index (χ0v) is 12.1. The highest BCUT2D eigenvalue weighted by atomic mass is 16.4. The summed E-state index contributed by atoms with van der Waals surface area (Å²) in [6.07, 6.45) is 2.81. The molecule has 2 amide bonds. The van der Waals surface area contributed by atoms with Gasteiger partial charge in [-0.15, -0.1) is 0 Å². The van der Waals surface area contributed by atoms with Gasteiger partial charge in [0.15, 0.2) is 0 Å². The van der Waals surface area contributed by atoms with Crippen LogP contribution in [0.15, 0.2) is 24.3 Å². The third-order valence-corrected chi connectivity index (χ3v) is 2.85. The van der Waals surface area contributed by atoms with Crippen molar-refractivity contribution >= 4 is 17.7 Å². The Morgan fingerprint density at radius 1 is 1.15 bits per heavy atom. The molecule has 2 N–H and O–H groups in total. The molecule has 0 atom stereocenters. The summed E-state index contributed by atoms with van der Waals surface area (Å²) in [5.74, 6) is -1.01. The van der Waals surface area contributed by atoms with Gasteiger partial charge in [0, 0.05) is 12.2 Å². The summed E-state index contributed by atoms with van der Waals surface area (Å²) in [5, 5.41) is 11.5. The molecule has 0 bridgehead atoms. The second-order valence-electron chi connectivity index (χ2n) is 4.69. The van der Waals surface area contributed by atoms with Crippen LogP contribution in [-0.2, 0) is 11.2 Å². The number of carbonyl (C=O) groups excluding carboxylic acids is 1. The van der Waals surface area contributed by atoms with E-state index in [-0.39, 0.29) is 12.6 Å². The third-order valence-electron chi connectivity index (χ3n) is 2.85. The average Bonchev–Trinajstić information content (AvgIpc) is 2.40. The Kier molecular flexibility index (Phi) is 6.56. The minimum absolute atomic E-state index is 0.284. The topological polar surface area (TPSA) is 69.6 Å². The van der Waals surface area contributed by atoms with Gasteiger partial charge in [-0.25, -0.2) is 4.79 Å². The maximum absolute atomic E-state index is 12.0. The molecule has 110 valence electrons. The Morgan fingerprint density at radius 3 is 2.30 bits per heavy atom. The minimum atomic E-state index is -1.01. The SMILES string of the molecule is CCCc1ccc(NC(=O)N(CCC)CC(=O)O)cc1. The normalized spacial score (nSPS) is 10.1. The molecule has 0 heterocycles. The Hall–Kier alpha value is -2.04. The molecule has 0 radical (unpaired) electrons. The predicted molar refractivity (Wildman–Crippen MR) is 79.0 cm³/mol. The first-order chi connectivity index (χ1) is 9.56. The van der Waals surface area contributed by atoms with Gasteiger partial charge >= 0.3 is 12.0 Å². The van der Waals surface area contributed by atoms with Crippen molar-refractivity contribution in [1.29, 1.82) is 0 Å². The van der Waals surface area contributed by atoms with Crippen molar-refractivity contribution in [1.82, 2.24) is 4.90 Å². The van der Waals surface area contributed by atoms with E-state index in [0.29, 0.717) is 12.2 Å². The van der Waals surface area contributed by atoms with Gasteiger partial charge in [-0.3, -0.25) is 4.79 Å². The van der Waals surface area contributed by atoms with Gasteiger partial charge in [-0.1, -0.05) is 32.4 Å². The zero-order valence-electron chi connectivity index (χ0n) is 12.1. The van der Waals surface area contributed by atoms with Gasteiger partial charge in [-0.2, -0.15) is 0 Å². The van der Waals surface area contributed by atoms with Crippen molar-refractivity contribution in [3.63, 3.8) is 0 Å². The van der Waals surface area contributed by atoms with E-state index in [2.05, 4.69) is 12.2 Å². The van der Waals surface area contributed by atoms with Gasteiger partial charge < -0.3 is 15.3 Å². The second kappa shape index (κ2) is 8.19. The van der Waals surface area contributed by atoms with Crippen molar-refractivity contribution in [2.75, 3.05) is 18.4 Å². The van der Waals surface area contributed by atoms with Crippen LogP contribution >= 0.6 is 0 Å². The molecule has 5 nitrogen and oxygen atoms in total. The monoisotopic (exact) mass is 278 g/mol. The lowest BCUT2D eigenvalue weighted by atomic mass is 10.1. The molecular weight excluding hydrogens is 256 g/mol. The first kappa shape index (κ1) is 16.0. The molecule has 0 aliphatic rings. The summed E-state index contributed by atoms with van der Waals surface area (Å²) >= 11 is 0. The number of aryl methyl sites for hydroxylation is 1. The fourth-order valence-corrected chi connectivity index (χ4v) is 1.93. The van der Waals surface area contributed by atoms with Gasteiger partial charge in [0.25, 0.3) is 0 Å². The number of carboxylic acid groups (broad SMARTS) is 1. The summed E-state index contributed by atoms with van der Waals surface area (Å²) in [6.45, 7) is 4.16. The van der Waals surface area contributed by atoms with Crippen LogP contribution in [0.4, 0.5) is 10.5 Å². The molecule has 0 unspecified atom stereocenters. The number of rotatable bonds is 7. The molecule has 5 heteroatoms. The number of anilines is 1. The molecule has 0 aliphatic heterocycles. The first-order valence-electron chi connectivity index (χ1n) is 6.93. The van der Waals surface area contributed by atoms with Crippen molar-refractivity contribution in [2.24, 2.45) is 0 Å². The Balaban J connectivity index is 2.64. The molecule has 1 aromatic carbocycles. The number of nitrogens with one attached hydrogen (secondary N) is 1. The molecule has 1 rings (SSSR count). The van der Waals surface area contributed by atoms with E-state index in [0.717, 1.165) is 19.3 Å². The summed E-state index contributed by atoms with van der Waals surface area (Å²) in [7, 11) is 0. The first-order valence-corrected chi connectivity index (χ1v) is 6.93. The molecule has 0 aromatic heterocycles. The number of carboxylic acids is 1. The highest BCUT2D eigenvalue weighted by molar-refractivity contribution is 5.91. The predicted octanol–water partition coefficient (Wildman–Crippen LogP) is 2.97. The van der Waals surface area contributed by atoms with E-state index in [4.69, 9.17) is 5.11 Å². The molecule has 0 spiro atoms. The van der Waals surface area contributed by atoms with E-state index >= 15 is 0 Å². The van der Waals surface area contributed by atoms with Crippen LogP contribution in [0.1, 0.15) is 32.3 Å². The molecule has 1 aromatic rings. The van der Waals surface area contributed by atoms with E-state index in [1.54, 1.807) is 0 Å². The fourth-order valence-electron chi connectivity index (χ4n) is 1.93. The van der Waals surface area contributed by atoms with Crippen LogP contribution in [0.25, 0.3) is 0 Å². The lowest BCUT2D eigenvalue weighted by molar-refractivity contribution is -0.137. The average molecular weight is 278 g/mol. The molecule has 20 heavy (non-hydrogen) atoms. The lowest BCUT2D eigenvalue weighted by Crippen LogP contribution is -2.39. The number of hydrogen-bond acceptors (Lipinski definition) is 2. The Morgan fingerprint density at radius 2 is 1.80 bits per heavy atom. The van der Waals surface area contributed by atoms with Crippen LogP contribution in [0, 0.1) is 0 Å². The number of amides is 2.